The van der Waals surface area contributed by atoms with Crippen molar-refractivity contribution in [2.24, 2.45) is 0 Å². The van der Waals surface area contributed by atoms with Crippen LogP contribution in [0.1, 0.15) is 36.9 Å². The molecule has 2 saturated heterocycles. The number of rotatable bonds is 3. The van der Waals surface area contributed by atoms with E-state index in [0.717, 1.165) is 36.5 Å². The Labute approximate surface area is 129 Å². The minimum atomic E-state index is -0.188. The SMILES string of the molecule is CC(=O)N1CCCC2(CC(OCc3csc(C)n3)CO2)C1. The molecular formula is C15H22N2O3S. The minimum absolute atomic E-state index is 0.110. The van der Waals surface area contributed by atoms with Crippen molar-refractivity contribution < 1.29 is 14.3 Å². The molecule has 0 N–H and O–H groups in total. The van der Waals surface area contributed by atoms with Gasteiger partial charge in [-0.25, -0.2) is 4.98 Å². The number of amides is 1. The van der Waals surface area contributed by atoms with Gasteiger partial charge in [-0.2, -0.15) is 0 Å². The highest BCUT2D eigenvalue weighted by atomic mass is 32.1. The highest BCUT2D eigenvalue weighted by Gasteiger charge is 2.44. The summed E-state index contributed by atoms with van der Waals surface area (Å²) in [6.45, 7) is 6.36. The zero-order valence-electron chi connectivity index (χ0n) is 12.6. The van der Waals surface area contributed by atoms with Gasteiger partial charge < -0.3 is 14.4 Å². The molecule has 116 valence electrons. The van der Waals surface area contributed by atoms with Crippen LogP contribution in [0.15, 0.2) is 5.38 Å². The van der Waals surface area contributed by atoms with Gasteiger partial charge in [0.15, 0.2) is 0 Å². The first-order chi connectivity index (χ1) is 10.1. The van der Waals surface area contributed by atoms with Crippen molar-refractivity contribution in [1.82, 2.24) is 9.88 Å². The molecule has 3 heterocycles. The Hall–Kier alpha value is -0.980. The summed E-state index contributed by atoms with van der Waals surface area (Å²) in [5.41, 5.74) is 0.805. The van der Waals surface area contributed by atoms with E-state index in [1.54, 1.807) is 18.3 Å². The quantitative estimate of drug-likeness (QED) is 0.858. The summed E-state index contributed by atoms with van der Waals surface area (Å²) in [4.78, 5) is 17.9. The molecule has 0 bridgehead atoms. The van der Waals surface area contributed by atoms with E-state index in [1.807, 2.05) is 17.2 Å². The van der Waals surface area contributed by atoms with Gasteiger partial charge in [0.25, 0.3) is 0 Å². The lowest BCUT2D eigenvalue weighted by molar-refractivity contribution is -0.136. The van der Waals surface area contributed by atoms with Gasteiger partial charge in [0.05, 0.1) is 35.6 Å². The standard InChI is InChI=1S/C15H22N2O3S/c1-11-16-13(9-21-11)7-19-14-6-15(20-8-14)4-3-5-17(10-15)12(2)18/h9,14H,3-8,10H2,1-2H3. The number of carbonyl (C=O) groups excluding carboxylic acids is 1. The topological polar surface area (TPSA) is 51.7 Å². The summed E-state index contributed by atoms with van der Waals surface area (Å²) in [7, 11) is 0. The van der Waals surface area contributed by atoms with Crippen LogP contribution in [0.5, 0.6) is 0 Å². The number of thiazole rings is 1. The average molecular weight is 310 g/mol. The molecule has 6 heteroatoms. The monoisotopic (exact) mass is 310 g/mol. The Morgan fingerprint density at radius 3 is 3.24 bits per heavy atom. The number of ether oxygens (including phenoxy) is 2. The van der Waals surface area contributed by atoms with Crippen LogP contribution < -0.4 is 0 Å². The van der Waals surface area contributed by atoms with Gasteiger partial charge in [0.1, 0.15) is 0 Å². The molecule has 5 nitrogen and oxygen atoms in total. The van der Waals surface area contributed by atoms with Crippen molar-refractivity contribution in [1.29, 1.82) is 0 Å². The maximum atomic E-state index is 11.6. The molecule has 0 aromatic carbocycles. The normalized spacial score (nSPS) is 29.2. The van der Waals surface area contributed by atoms with E-state index in [-0.39, 0.29) is 17.6 Å². The lowest BCUT2D eigenvalue weighted by atomic mass is 9.89. The van der Waals surface area contributed by atoms with E-state index in [9.17, 15) is 4.79 Å². The predicted octanol–water partition coefficient (Wildman–Crippen LogP) is 2.14. The number of aryl methyl sites for hydroxylation is 1. The van der Waals surface area contributed by atoms with Gasteiger partial charge in [0.2, 0.25) is 5.91 Å². The van der Waals surface area contributed by atoms with Gasteiger partial charge in [0, 0.05) is 31.8 Å². The van der Waals surface area contributed by atoms with E-state index < -0.39 is 0 Å². The fourth-order valence-electron chi connectivity index (χ4n) is 3.24. The largest absolute Gasteiger partial charge is 0.370 e. The first kappa shape index (κ1) is 14.9. The van der Waals surface area contributed by atoms with Crippen LogP contribution in [-0.2, 0) is 20.9 Å². The second-order valence-corrected chi connectivity index (χ2v) is 7.10. The smallest absolute Gasteiger partial charge is 0.219 e. The molecule has 21 heavy (non-hydrogen) atoms. The molecule has 2 aliphatic rings. The van der Waals surface area contributed by atoms with Crippen molar-refractivity contribution in [3.8, 4) is 0 Å². The fraction of sp³-hybridized carbons (Fsp3) is 0.733. The third-order valence-corrected chi connectivity index (χ3v) is 5.12. The highest BCUT2D eigenvalue weighted by Crippen LogP contribution is 2.36. The number of aromatic nitrogens is 1. The molecular weight excluding hydrogens is 288 g/mol. The number of likely N-dealkylation sites (tertiary alicyclic amines) is 1. The van der Waals surface area contributed by atoms with E-state index in [1.165, 1.54) is 0 Å². The lowest BCUT2D eigenvalue weighted by Crippen LogP contribution is -2.49. The summed E-state index contributed by atoms with van der Waals surface area (Å²) in [5.74, 6) is 0.139. The van der Waals surface area contributed by atoms with E-state index >= 15 is 0 Å². The van der Waals surface area contributed by atoms with Crippen molar-refractivity contribution >= 4 is 17.2 Å². The Bertz CT molecular complexity index is 519. The second kappa shape index (κ2) is 6.02. The number of carbonyl (C=O) groups is 1. The first-order valence-electron chi connectivity index (χ1n) is 7.48. The first-order valence-corrected chi connectivity index (χ1v) is 8.36. The minimum Gasteiger partial charge on any atom is -0.370 e. The zero-order valence-corrected chi connectivity index (χ0v) is 13.4. The predicted molar refractivity (Wildman–Crippen MR) is 80.2 cm³/mol. The molecule has 2 atom stereocenters. The van der Waals surface area contributed by atoms with Crippen LogP contribution in [0, 0.1) is 6.92 Å². The molecule has 2 aliphatic heterocycles. The Kier molecular flexibility index (Phi) is 4.28. The maximum Gasteiger partial charge on any atom is 0.219 e. The van der Waals surface area contributed by atoms with Crippen LogP contribution in [0.2, 0.25) is 0 Å². The average Bonchev–Trinajstić information content (AvgIpc) is 3.04. The molecule has 1 aromatic heterocycles. The summed E-state index contributed by atoms with van der Waals surface area (Å²) >= 11 is 1.65. The number of hydrogen-bond acceptors (Lipinski definition) is 5. The molecule has 2 fully saturated rings. The highest BCUT2D eigenvalue weighted by molar-refractivity contribution is 7.09. The van der Waals surface area contributed by atoms with E-state index in [2.05, 4.69) is 4.98 Å². The number of nitrogens with zero attached hydrogens (tertiary/aromatic N) is 2. The lowest BCUT2D eigenvalue weighted by Gasteiger charge is -2.39. The van der Waals surface area contributed by atoms with E-state index in [0.29, 0.717) is 19.8 Å². The van der Waals surface area contributed by atoms with Crippen LogP contribution >= 0.6 is 11.3 Å². The third kappa shape index (κ3) is 3.44. The van der Waals surface area contributed by atoms with Crippen LogP contribution in [-0.4, -0.2) is 47.2 Å². The summed E-state index contributed by atoms with van der Waals surface area (Å²) in [6.07, 6.45) is 3.02. The molecule has 0 radical (unpaired) electrons. The maximum absolute atomic E-state index is 11.6. The van der Waals surface area contributed by atoms with E-state index in [4.69, 9.17) is 9.47 Å². The number of hydrogen-bond donors (Lipinski definition) is 0. The molecule has 0 aliphatic carbocycles. The zero-order chi connectivity index (χ0) is 14.9. The molecule has 2 unspecified atom stereocenters. The van der Waals surface area contributed by atoms with Gasteiger partial charge in [-0.05, 0) is 19.8 Å². The Balaban J connectivity index is 1.53. The second-order valence-electron chi connectivity index (χ2n) is 6.03. The van der Waals surface area contributed by atoms with Gasteiger partial charge >= 0.3 is 0 Å². The van der Waals surface area contributed by atoms with Gasteiger partial charge in [-0.3, -0.25) is 4.79 Å². The summed E-state index contributed by atoms with van der Waals surface area (Å²) < 4.78 is 12.0. The third-order valence-electron chi connectivity index (χ3n) is 4.29. The van der Waals surface area contributed by atoms with Crippen molar-refractivity contribution in [3.63, 3.8) is 0 Å². The fourth-order valence-corrected chi connectivity index (χ4v) is 3.84. The van der Waals surface area contributed by atoms with Gasteiger partial charge in [-0.15, -0.1) is 11.3 Å². The van der Waals surface area contributed by atoms with Crippen LogP contribution in [0.25, 0.3) is 0 Å². The number of piperidine rings is 1. The summed E-state index contributed by atoms with van der Waals surface area (Å²) in [5, 5.41) is 3.11. The van der Waals surface area contributed by atoms with Crippen molar-refractivity contribution in [2.75, 3.05) is 19.7 Å². The molecule has 1 aromatic rings. The molecule has 3 rings (SSSR count). The van der Waals surface area contributed by atoms with Crippen molar-refractivity contribution in [3.05, 3.63) is 16.1 Å². The molecule has 1 spiro atoms. The summed E-state index contributed by atoms with van der Waals surface area (Å²) in [6, 6.07) is 0. The van der Waals surface area contributed by atoms with Crippen LogP contribution in [0.4, 0.5) is 0 Å². The molecule has 0 saturated carbocycles. The van der Waals surface area contributed by atoms with Gasteiger partial charge in [-0.1, -0.05) is 0 Å². The Morgan fingerprint density at radius 1 is 1.67 bits per heavy atom. The van der Waals surface area contributed by atoms with Crippen molar-refractivity contribution in [2.45, 2.75) is 51.4 Å². The Morgan fingerprint density at radius 2 is 2.52 bits per heavy atom. The van der Waals surface area contributed by atoms with Crippen LogP contribution in [0.3, 0.4) is 0 Å². The molecule has 1 amide bonds.